The lowest BCUT2D eigenvalue weighted by molar-refractivity contribution is -0.0979. The lowest BCUT2D eigenvalue weighted by atomic mass is 9.95. The number of aromatic nitrogens is 2. The van der Waals surface area contributed by atoms with Crippen LogP contribution in [-0.2, 0) is 4.79 Å². The third-order valence-corrected chi connectivity index (χ3v) is 2.40. The molecule has 92 valence electrons. The highest BCUT2D eigenvalue weighted by molar-refractivity contribution is 6.32. The first-order valence-corrected chi connectivity index (χ1v) is 5.20. The molecular weight excluding hydrogens is 232 g/mol. The van der Waals surface area contributed by atoms with E-state index in [1.165, 1.54) is 6.07 Å². The molecule has 0 aliphatic heterocycles. The Labute approximate surface area is 106 Å². The van der Waals surface area contributed by atoms with E-state index in [2.05, 4.69) is 10.4 Å². The van der Waals surface area contributed by atoms with Crippen LogP contribution in [0.25, 0.3) is 5.69 Å². The van der Waals surface area contributed by atoms with E-state index in [-0.39, 0.29) is 0 Å². The summed E-state index contributed by atoms with van der Waals surface area (Å²) in [5.74, 6) is -0.392. The highest BCUT2D eigenvalue weighted by atomic mass is 19.1. The number of anilines is 1. The van der Waals surface area contributed by atoms with Crippen LogP contribution in [0.4, 0.5) is 10.1 Å². The van der Waals surface area contributed by atoms with Gasteiger partial charge in [0.15, 0.2) is 0 Å². The van der Waals surface area contributed by atoms with E-state index in [0.717, 1.165) is 5.69 Å². The summed E-state index contributed by atoms with van der Waals surface area (Å²) >= 11 is 0. The molecule has 0 amide bonds. The van der Waals surface area contributed by atoms with E-state index in [0.29, 0.717) is 16.8 Å². The molecule has 2 radical (unpaired) electrons. The van der Waals surface area contributed by atoms with Gasteiger partial charge in [-0.2, -0.15) is 5.10 Å². The minimum atomic E-state index is -0.392. The summed E-state index contributed by atoms with van der Waals surface area (Å²) in [6.45, 7) is 3.86. The van der Waals surface area contributed by atoms with Crippen LogP contribution in [0.15, 0.2) is 24.4 Å². The third-order valence-electron chi connectivity index (χ3n) is 2.40. The first-order chi connectivity index (χ1) is 8.63. The summed E-state index contributed by atoms with van der Waals surface area (Å²) in [6.07, 6.45) is 1.63. The number of nitrogens with zero attached hydrogens (tertiary/aromatic N) is 2. The molecule has 0 saturated carbocycles. The summed E-state index contributed by atoms with van der Waals surface area (Å²) in [5.41, 5.74) is 2.25. The molecule has 2 rings (SSSR count). The van der Waals surface area contributed by atoms with Gasteiger partial charge in [0.2, 0.25) is 0 Å². The Morgan fingerprint density at radius 2 is 2.11 bits per heavy atom. The Bertz CT molecular complexity index is 542. The molecule has 0 spiro atoms. The van der Waals surface area contributed by atoms with Gasteiger partial charge in [-0.05, 0) is 25.1 Å². The lowest BCUT2D eigenvalue weighted by Gasteiger charge is -2.13. The number of nitrogens with one attached hydrogen (secondary N) is 1. The van der Waals surface area contributed by atoms with Crippen molar-refractivity contribution < 1.29 is 9.18 Å². The number of aryl methyl sites for hydroxylation is 1. The van der Waals surface area contributed by atoms with Crippen molar-refractivity contribution in [2.75, 3.05) is 12.4 Å². The summed E-state index contributed by atoms with van der Waals surface area (Å²) in [6, 6.07) is 4.78. The SMILES string of the molecule is C=O.[B]c1cc(F)c(-n2nccc2C)c(NC)c1. The van der Waals surface area contributed by atoms with E-state index in [1.807, 2.05) is 19.8 Å². The molecule has 1 N–H and O–H groups in total. The van der Waals surface area contributed by atoms with Gasteiger partial charge in [0.25, 0.3) is 0 Å². The molecule has 2 aromatic rings. The Morgan fingerprint density at radius 1 is 1.44 bits per heavy atom. The number of hydrogen-bond acceptors (Lipinski definition) is 3. The molecule has 1 aromatic heterocycles. The van der Waals surface area contributed by atoms with Crippen molar-refractivity contribution in [2.24, 2.45) is 0 Å². The van der Waals surface area contributed by atoms with E-state index in [1.54, 1.807) is 24.0 Å². The van der Waals surface area contributed by atoms with Gasteiger partial charge in [0, 0.05) is 18.9 Å². The second-order valence-corrected chi connectivity index (χ2v) is 3.53. The van der Waals surface area contributed by atoms with Gasteiger partial charge in [0.05, 0.1) is 5.69 Å². The van der Waals surface area contributed by atoms with Crippen LogP contribution >= 0.6 is 0 Å². The van der Waals surface area contributed by atoms with Gasteiger partial charge in [-0.15, -0.1) is 0 Å². The summed E-state index contributed by atoms with van der Waals surface area (Å²) in [7, 11) is 7.30. The second kappa shape index (κ2) is 6.00. The van der Waals surface area contributed by atoms with Gasteiger partial charge in [0.1, 0.15) is 26.1 Å². The Hall–Kier alpha value is -2.11. The fraction of sp³-hybridized carbons (Fsp3) is 0.167. The topological polar surface area (TPSA) is 46.9 Å². The zero-order valence-electron chi connectivity index (χ0n) is 10.3. The zero-order valence-corrected chi connectivity index (χ0v) is 10.3. The van der Waals surface area contributed by atoms with E-state index in [9.17, 15) is 4.39 Å². The van der Waals surface area contributed by atoms with Crippen molar-refractivity contribution in [3.63, 3.8) is 0 Å². The summed E-state index contributed by atoms with van der Waals surface area (Å²) < 4.78 is 15.4. The van der Waals surface area contributed by atoms with Gasteiger partial charge >= 0.3 is 0 Å². The number of hydrogen-bond donors (Lipinski definition) is 1. The second-order valence-electron chi connectivity index (χ2n) is 3.53. The minimum absolute atomic E-state index is 0.385. The maximum Gasteiger partial charge on any atom is 0.150 e. The molecule has 18 heavy (non-hydrogen) atoms. The summed E-state index contributed by atoms with van der Waals surface area (Å²) in [5, 5.41) is 6.99. The van der Waals surface area contributed by atoms with Crippen molar-refractivity contribution >= 4 is 25.8 Å². The lowest BCUT2D eigenvalue weighted by Crippen LogP contribution is -2.12. The fourth-order valence-electron chi connectivity index (χ4n) is 1.63. The highest BCUT2D eigenvalue weighted by Gasteiger charge is 2.12. The van der Waals surface area contributed by atoms with Crippen molar-refractivity contribution in [2.45, 2.75) is 6.92 Å². The zero-order chi connectivity index (χ0) is 13.7. The number of carbonyl (C=O) groups is 1. The van der Waals surface area contributed by atoms with Gasteiger partial charge in [-0.25, -0.2) is 9.07 Å². The van der Waals surface area contributed by atoms with Crippen LogP contribution < -0.4 is 10.8 Å². The fourth-order valence-corrected chi connectivity index (χ4v) is 1.63. The Morgan fingerprint density at radius 3 is 2.61 bits per heavy atom. The van der Waals surface area contributed by atoms with E-state index >= 15 is 0 Å². The van der Waals surface area contributed by atoms with Crippen LogP contribution in [0.2, 0.25) is 0 Å². The molecule has 0 fully saturated rings. The maximum absolute atomic E-state index is 13.9. The van der Waals surface area contributed by atoms with Crippen LogP contribution in [0.3, 0.4) is 0 Å². The average Bonchev–Trinajstić information content (AvgIpc) is 2.77. The van der Waals surface area contributed by atoms with Crippen molar-refractivity contribution in [1.82, 2.24) is 9.78 Å². The van der Waals surface area contributed by atoms with E-state index in [4.69, 9.17) is 12.6 Å². The van der Waals surface area contributed by atoms with Crippen LogP contribution in [0.5, 0.6) is 0 Å². The standard InChI is InChI=1S/C11H11BFN3.CH2O/c1-7-3-4-15-16(7)11-9(13)5-8(12)6-10(11)14-2;1-2/h3-6,14H,1-2H3;1H2. The quantitative estimate of drug-likeness (QED) is 0.802. The van der Waals surface area contributed by atoms with E-state index < -0.39 is 5.82 Å². The predicted molar refractivity (Wildman–Crippen MR) is 70.3 cm³/mol. The molecule has 6 heteroatoms. The first-order valence-electron chi connectivity index (χ1n) is 5.20. The molecule has 0 unspecified atom stereocenters. The van der Waals surface area contributed by atoms with Gasteiger partial charge in [-0.1, -0.05) is 5.46 Å². The van der Waals surface area contributed by atoms with Crippen molar-refractivity contribution in [3.05, 3.63) is 35.9 Å². The minimum Gasteiger partial charge on any atom is -0.386 e. The van der Waals surface area contributed by atoms with Gasteiger partial charge < -0.3 is 10.1 Å². The third kappa shape index (κ3) is 2.59. The summed E-state index contributed by atoms with van der Waals surface area (Å²) in [4.78, 5) is 8.00. The first kappa shape index (κ1) is 14.0. The molecule has 0 aliphatic rings. The number of rotatable bonds is 2. The number of carbonyl (C=O) groups excluding carboxylic acids is 1. The number of benzene rings is 1. The molecule has 0 atom stereocenters. The van der Waals surface area contributed by atoms with Crippen molar-refractivity contribution in [3.8, 4) is 5.69 Å². The molecule has 4 nitrogen and oxygen atoms in total. The largest absolute Gasteiger partial charge is 0.386 e. The normalized spacial score (nSPS) is 9.50. The molecule has 1 heterocycles. The monoisotopic (exact) mass is 245 g/mol. The molecule has 1 aromatic carbocycles. The van der Waals surface area contributed by atoms with Crippen LogP contribution in [0.1, 0.15) is 5.69 Å². The molecular formula is C12H13BFN3O. The predicted octanol–water partition coefficient (Wildman–Crippen LogP) is 0.970. The Kier molecular flexibility index (Phi) is 4.65. The van der Waals surface area contributed by atoms with Crippen molar-refractivity contribution in [1.29, 1.82) is 0 Å². The van der Waals surface area contributed by atoms with Gasteiger partial charge in [-0.3, -0.25) is 0 Å². The molecule has 0 bridgehead atoms. The highest BCUT2D eigenvalue weighted by Crippen LogP contribution is 2.22. The maximum atomic E-state index is 13.9. The molecule has 0 saturated heterocycles. The molecule has 0 aliphatic carbocycles. The Balaban J connectivity index is 0.000000771. The van der Waals surface area contributed by atoms with Crippen LogP contribution in [0, 0.1) is 12.7 Å². The smallest absolute Gasteiger partial charge is 0.150 e. The van der Waals surface area contributed by atoms with Crippen LogP contribution in [-0.4, -0.2) is 31.5 Å². The number of halogens is 1. The average molecular weight is 245 g/mol.